The second kappa shape index (κ2) is 5.33. The van der Waals surface area contributed by atoms with E-state index < -0.39 is 5.82 Å². The quantitative estimate of drug-likeness (QED) is 0.717. The average Bonchev–Trinajstić information content (AvgIpc) is 2.93. The predicted octanol–water partition coefficient (Wildman–Crippen LogP) is 4.31. The minimum absolute atomic E-state index is 0.166. The van der Waals surface area contributed by atoms with Crippen LogP contribution in [0.3, 0.4) is 0 Å². The van der Waals surface area contributed by atoms with Gasteiger partial charge in [-0.05, 0) is 40.2 Å². The largest absolute Gasteiger partial charge is 0.496 e. The van der Waals surface area contributed by atoms with Gasteiger partial charge in [-0.2, -0.15) is 0 Å². The number of nitrogens with one attached hydrogen (secondary N) is 1. The van der Waals surface area contributed by atoms with E-state index in [4.69, 9.17) is 4.74 Å². The van der Waals surface area contributed by atoms with Crippen LogP contribution in [0, 0.1) is 5.82 Å². The summed E-state index contributed by atoms with van der Waals surface area (Å²) >= 11 is 3.13. The van der Waals surface area contributed by atoms with Crippen LogP contribution in [-0.4, -0.2) is 17.9 Å². The summed E-state index contributed by atoms with van der Waals surface area (Å²) < 4.78 is 19.1. The van der Waals surface area contributed by atoms with E-state index in [1.54, 1.807) is 25.4 Å². The van der Waals surface area contributed by atoms with Gasteiger partial charge >= 0.3 is 0 Å². The topological polar surface area (TPSA) is 42.1 Å². The number of aromatic amines is 1. The Morgan fingerprint density at radius 1 is 1.19 bits per heavy atom. The van der Waals surface area contributed by atoms with Crippen molar-refractivity contribution in [1.29, 1.82) is 0 Å². The zero-order chi connectivity index (χ0) is 15.0. The number of hydrogen-bond acceptors (Lipinski definition) is 2. The lowest BCUT2D eigenvalue weighted by Crippen LogP contribution is -2.03. The fourth-order valence-electron chi connectivity index (χ4n) is 2.32. The molecule has 0 saturated heterocycles. The molecule has 0 amide bonds. The molecule has 0 saturated carbocycles. The van der Waals surface area contributed by atoms with Gasteiger partial charge in [0.25, 0.3) is 0 Å². The number of aromatic nitrogens is 1. The van der Waals surface area contributed by atoms with E-state index in [0.717, 1.165) is 5.52 Å². The first-order chi connectivity index (χ1) is 10.1. The molecule has 2 aromatic carbocycles. The Morgan fingerprint density at radius 3 is 2.71 bits per heavy atom. The molecule has 0 atom stereocenters. The molecule has 0 aliphatic heterocycles. The number of methoxy groups -OCH3 is 1. The molecule has 1 heterocycles. The smallest absolute Gasteiger partial charge is 0.196 e. The van der Waals surface area contributed by atoms with E-state index in [1.165, 1.54) is 12.1 Å². The zero-order valence-electron chi connectivity index (χ0n) is 11.1. The highest BCUT2D eigenvalue weighted by Crippen LogP contribution is 2.31. The Kier molecular flexibility index (Phi) is 3.51. The minimum Gasteiger partial charge on any atom is -0.496 e. The van der Waals surface area contributed by atoms with E-state index in [-0.39, 0.29) is 15.8 Å². The number of ether oxygens (including phenoxy) is 1. The lowest BCUT2D eigenvalue weighted by Gasteiger charge is -2.06. The van der Waals surface area contributed by atoms with Crippen LogP contribution in [0.5, 0.6) is 5.75 Å². The number of carbonyl (C=O) groups is 1. The molecule has 21 heavy (non-hydrogen) atoms. The van der Waals surface area contributed by atoms with Gasteiger partial charge in [0.05, 0.1) is 22.5 Å². The third kappa shape index (κ3) is 2.23. The first-order valence-corrected chi connectivity index (χ1v) is 7.05. The Balaban J connectivity index is 2.21. The van der Waals surface area contributed by atoms with Crippen molar-refractivity contribution in [3.63, 3.8) is 0 Å². The van der Waals surface area contributed by atoms with Gasteiger partial charge in [-0.15, -0.1) is 0 Å². The number of rotatable bonds is 3. The van der Waals surface area contributed by atoms with Gasteiger partial charge in [-0.1, -0.05) is 12.1 Å². The highest BCUT2D eigenvalue weighted by atomic mass is 79.9. The highest BCUT2D eigenvalue weighted by Gasteiger charge is 2.20. The second-order valence-corrected chi connectivity index (χ2v) is 5.31. The lowest BCUT2D eigenvalue weighted by molar-refractivity contribution is 0.103. The summed E-state index contributed by atoms with van der Waals surface area (Å²) in [5.41, 5.74) is 1.53. The normalized spacial score (nSPS) is 10.8. The van der Waals surface area contributed by atoms with Crippen molar-refractivity contribution in [2.45, 2.75) is 0 Å². The SMILES string of the molecule is COc1cccc2[nH]cc(C(=O)c3cccc(F)c3Br)c12. The van der Waals surface area contributed by atoms with Crippen LogP contribution in [0.25, 0.3) is 10.9 Å². The molecule has 1 aromatic heterocycles. The van der Waals surface area contributed by atoms with E-state index in [9.17, 15) is 9.18 Å². The van der Waals surface area contributed by atoms with Gasteiger partial charge in [0, 0.05) is 17.3 Å². The zero-order valence-corrected chi connectivity index (χ0v) is 12.7. The Hall–Kier alpha value is -2.14. The van der Waals surface area contributed by atoms with Crippen molar-refractivity contribution in [2.24, 2.45) is 0 Å². The standard InChI is InChI=1S/C16H11BrFNO2/c1-21-13-7-3-6-12-14(13)10(8-19-12)16(20)9-4-2-5-11(18)15(9)17/h2-8,19H,1H3. The van der Waals surface area contributed by atoms with Crippen LogP contribution >= 0.6 is 15.9 Å². The van der Waals surface area contributed by atoms with E-state index in [2.05, 4.69) is 20.9 Å². The first kappa shape index (κ1) is 13.8. The molecular formula is C16H11BrFNO2. The van der Waals surface area contributed by atoms with Gasteiger partial charge in [0.1, 0.15) is 11.6 Å². The summed E-state index contributed by atoms with van der Waals surface area (Å²) in [5, 5.41) is 0.696. The fourth-order valence-corrected chi connectivity index (χ4v) is 2.77. The van der Waals surface area contributed by atoms with Crippen molar-refractivity contribution in [2.75, 3.05) is 7.11 Å². The van der Waals surface area contributed by atoms with Gasteiger partial charge in [-0.3, -0.25) is 4.79 Å². The summed E-state index contributed by atoms with van der Waals surface area (Å²) in [5.74, 6) is -0.130. The van der Waals surface area contributed by atoms with Crippen LogP contribution in [0.4, 0.5) is 4.39 Å². The van der Waals surface area contributed by atoms with Crippen LogP contribution in [-0.2, 0) is 0 Å². The van der Waals surface area contributed by atoms with Crippen molar-refractivity contribution in [3.05, 3.63) is 64.0 Å². The molecule has 3 aromatic rings. The highest BCUT2D eigenvalue weighted by molar-refractivity contribution is 9.10. The summed E-state index contributed by atoms with van der Waals surface area (Å²) in [6.07, 6.45) is 1.62. The van der Waals surface area contributed by atoms with Crippen molar-refractivity contribution in [3.8, 4) is 5.75 Å². The van der Waals surface area contributed by atoms with Crippen LogP contribution < -0.4 is 4.74 Å². The molecule has 3 rings (SSSR count). The van der Waals surface area contributed by atoms with Crippen molar-refractivity contribution in [1.82, 2.24) is 4.98 Å². The van der Waals surface area contributed by atoms with Gasteiger partial charge in [0.2, 0.25) is 0 Å². The van der Waals surface area contributed by atoms with Gasteiger partial charge in [0.15, 0.2) is 5.78 Å². The number of H-pyrrole nitrogens is 1. The van der Waals surface area contributed by atoms with E-state index in [0.29, 0.717) is 16.7 Å². The summed E-state index contributed by atoms with van der Waals surface area (Å²) in [7, 11) is 1.55. The molecule has 0 bridgehead atoms. The Labute approximate surface area is 128 Å². The molecule has 0 unspecified atom stereocenters. The lowest BCUT2D eigenvalue weighted by atomic mass is 10.0. The number of halogens is 2. The predicted molar refractivity (Wildman–Crippen MR) is 82.4 cm³/mol. The number of hydrogen-bond donors (Lipinski definition) is 1. The number of carbonyl (C=O) groups excluding carboxylic acids is 1. The summed E-state index contributed by atoms with van der Waals surface area (Å²) in [4.78, 5) is 15.7. The molecule has 106 valence electrons. The van der Waals surface area contributed by atoms with Crippen molar-refractivity contribution < 1.29 is 13.9 Å². The minimum atomic E-state index is -0.465. The molecule has 3 nitrogen and oxygen atoms in total. The van der Waals surface area contributed by atoms with Crippen LogP contribution in [0.15, 0.2) is 47.1 Å². The van der Waals surface area contributed by atoms with Gasteiger partial charge < -0.3 is 9.72 Å². The maximum atomic E-state index is 13.6. The molecule has 1 N–H and O–H groups in total. The molecular weight excluding hydrogens is 337 g/mol. The molecule has 0 aliphatic rings. The fraction of sp³-hybridized carbons (Fsp3) is 0.0625. The molecule has 0 aliphatic carbocycles. The number of benzene rings is 2. The summed E-state index contributed by atoms with van der Waals surface area (Å²) in [6.45, 7) is 0. The third-order valence-corrected chi connectivity index (χ3v) is 4.13. The maximum absolute atomic E-state index is 13.6. The number of ketones is 1. The monoisotopic (exact) mass is 347 g/mol. The van der Waals surface area contributed by atoms with Gasteiger partial charge in [-0.25, -0.2) is 4.39 Å². The van der Waals surface area contributed by atoms with Crippen molar-refractivity contribution >= 4 is 32.6 Å². The van der Waals surface area contributed by atoms with Crippen LogP contribution in [0.1, 0.15) is 15.9 Å². The number of fused-ring (bicyclic) bond motifs is 1. The van der Waals surface area contributed by atoms with E-state index in [1.807, 2.05) is 12.1 Å². The molecule has 0 radical (unpaired) electrons. The molecule has 5 heteroatoms. The second-order valence-electron chi connectivity index (χ2n) is 4.52. The van der Waals surface area contributed by atoms with Crippen LogP contribution in [0.2, 0.25) is 0 Å². The summed E-state index contributed by atoms with van der Waals surface area (Å²) in [6, 6.07) is 9.88. The Morgan fingerprint density at radius 2 is 1.95 bits per heavy atom. The van der Waals surface area contributed by atoms with E-state index >= 15 is 0 Å². The molecule has 0 spiro atoms. The maximum Gasteiger partial charge on any atom is 0.196 e. The molecule has 0 fully saturated rings. The Bertz CT molecular complexity index is 841. The first-order valence-electron chi connectivity index (χ1n) is 6.26. The average molecular weight is 348 g/mol. The third-order valence-electron chi connectivity index (χ3n) is 3.33.